The van der Waals surface area contributed by atoms with Gasteiger partial charge in [-0.05, 0) is 97.0 Å². The molecule has 0 unspecified atom stereocenters. The van der Waals surface area contributed by atoms with Gasteiger partial charge >= 0.3 is 5.97 Å². The van der Waals surface area contributed by atoms with Gasteiger partial charge in [-0.1, -0.05) is 32.0 Å². The van der Waals surface area contributed by atoms with Crippen LogP contribution < -0.4 is 4.74 Å². The number of pyridine rings is 1. The molecular formula is C35H39N3O4. The van der Waals surface area contributed by atoms with Crippen molar-refractivity contribution in [2.75, 3.05) is 6.61 Å². The highest BCUT2D eigenvalue weighted by Gasteiger charge is 2.23. The molecule has 3 aromatic carbocycles. The van der Waals surface area contributed by atoms with E-state index in [4.69, 9.17) is 14.8 Å². The molecule has 0 bridgehead atoms. The first-order valence-corrected chi connectivity index (χ1v) is 14.3. The van der Waals surface area contributed by atoms with Crippen LogP contribution in [0.4, 0.5) is 0 Å². The minimum Gasteiger partial charge on any atom is -0.493 e. The van der Waals surface area contributed by atoms with E-state index >= 15 is 0 Å². The van der Waals surface area contributed by atoms with Crippen molar-refractivity contribution in [3.05, 3.63) is 83.6 Å². The summed E-state index contributed by atoms with van der Waals surface area (Å²) in [6.07, 6.45) is 7.74. The highest BCUT2D eigenvalue weighted by atomic mass is 16.5. The molecule has 1 aliphatic heterocycles. The van der Waals surface area contributed by atoms with Crippen LogP contribution in [0.5, 0.6) is 5.75 Å². The van der Waals surface area contributed by atoms with Crippen molar-refractivity contribution >= 4 is 27.6 Å². The van der Waals surface area contributed by atoms with E-state index in [0.29, 0.717) is 6.61 Å². The molecule has 2 aromatic heterocycles. The van der Waals surface area contributed by atoms with Crippen LogP contribution in [-0.2, 0) is 17.6 Å². The number of carboxylic acid groups (broad SMARTS) is 1. The van der Waals surface area contributed by atoms with Gasteiger partial charge in [0, 0.05) is 41.5 Å². The van der Waals surface area contributed by atoms with Gasteiger partial charge < -0.3 is 14.9 Å². The molecule has 0 amide bonds. The quantitative estimate of drug-likeness (QED) is 0.232. The minimum absolute atomic E-state index is 0.0656. The van der Waals surface area contributed by atoms with Crippen LogP contribution in [0.25, 0.3) is 43.9 Å². The van der Waals surface area contributed by atoms with Crippen molar-refractivity contribution in [1.29, 1.82) is 0 Å². The first-order valence-electron chi connectivity index (χ1n) is 14.3. The Balaban J connectivity index is 0.000000526. The smallest absolute Gasteiger partial charge is 0.307 e. The van der Waals surface area contributed by atoms with Crippen LogP contribution >= 0.6 is 0 Å². The van der Waals surface area contributed by atoms with Gasteiger partial charge in [-0.15, -0.1) is 0 Å². The monoisotopic (exact) mass is 565 g/mol. The summed E-state index contributed by atoms with van der Waals surface area (Å²) in [7, 11) is 0. The fraction of sp³-hybridized carbons (Fsp3) is 0.314. The number of carbonyl (C=O) groups is 1. The van der Waals surface area contributed by atoms with E-state index in [1.54, 1.807) is 20.8 Å². The Kier molecular flexibility index (Phi) is 9.22. The van der Waals surface area contributed by atoms with E-state index in [0.717, 1.165) is 72.8 Å². The summed E-state index contributed by atoms with van der Waals surface area (Å²) < 4.78 is 5.93. The Morgan fingerprint density at radius 1 is 0.976 bits per heavy atom. The lowest BCUT2D eigenvalue weighted by atomic mass is 9.84. The summed E-state index contributed by atoms with van der Waals surface area (Å²) >= 11 is 0. The second kappa shape index (κ2) is 12.7. The van der Waals surface area contributed by atoms with Crippen LogP contribution in [0, 0.1) is 13.8 Å². The van der Waals surface area contributed by atoms with E-state index in [2.05, 4.69) is 35.1 Å². The predicted molar refractivity (Wildman–Crippen MR) is 169 cm³/mol. The van der Waals surface area contributed by atoms with Gasteiger partial charge in [0.1, 0.15) is 12.1 Å². The molecule has 0 radical (unpaired) electrons. The van der Waals surface area contributed by atoms with Gasteiger partial charge in [-0.3, -0.25) is 9.78 Å². The average molecular weight is 566 g/mol. The van der Waals surface area contributed by atoms with Crippen LogP contribution in [0.2, 0.25) is 0 Å². The van der Waals surface area contributed by atoms with Gasteiger partial charge in [0.2, 0.25) is 0 Å². The molecule has 0 aliphatic carbocycles. The lowest BCUT2D eigenvalue weighted by Crippen LogP contribution is -2.10. The molecule has 5 aromatic rings. The molecule has 2 N–H and O–H groups in total. The van der Waals surface area contributed by atoms with E-state index in [-0.39, 0.29) is 6.42 Å². The molecule has 0 saturated carbocycles. The van der Waals surface area contributed by atoms with Gasteiger partial charge in [0.05, 0.1) is 24.1 Å². The van der Waals surface area contributed by atoms with Crippen LogP contribution in [0.15, 0.2) is 61.3 Å². The van der Waals surface area contributed by atoms with E-state index < -0.39 is 11.6 Å². The number of benzene rings is 3. The predicted octanol–water partition coefficient (Wildman–Crippen LogP) is 7.49. The zero-order valence-electron chi connectivity index (χ0n) is 25.4. The van der Waals surface area contributed by atoms with Crippen molar-refractivity contribution in [3.8, 4) is 28.0 Å². The maximum Gasteiger partial charge on any atom is 0.307 e. The van der Waals surface area contributed by atoms with Gasteiger partial charge in [0.25, 0.3) is 0 Å². The minimum atomic E-state index is -0.859. The lowest BCUT2D eigenvalue weighted by Gasteiger charge is -2.22. The molecule has 6 rings (SSSR count). The number of aliphatic carboxylic acids is 1. The fourth-order valence-corrected chi connectivity index (χ4v) is 5.34. The van der Waals surface area contributed by atoms with Crippen molar-refractivity contribution in [2.45, 2.75) is 66.9 Å². The molecule has 7 heteroatoms. The SMILES string of the molecule is CC.CC(C)(C)O.Cc1cc2c(C)c(-c3cncnc3)ccc2c(-c2ccc3c4c(ccnc24)CCO3)c1CC(=O)O. The number of hydrogen-bond acceptors (Lipinski definition) is 6. The Labute approximate surface area is 247 Å². The van der Waals surface area contributed by atoms with E-state index in [1.165, 1.54) is 11.9 Å². The maximum absolute atomic E-state index is 11.9. The zero-order valence-corrected chi connectivity index (χ0v) is 25.4. The molecule has 0 atom stereocenters. The van der Waals surface area contributed by atoms with Crippen LogP contribution in [-0.4, -0.2) is 43.3 Å². The van der Waals surface area contributed by atoms with Crippen molar-refractivity contribution in [3.63, 3.8) is 0 Å². The van der Waals surface area contributed by atoms with E-state index in [9.17, 15) is 9.90 Å². The summed E-state index contributed by atoms with van der Waals surface area (Å²) in [6.45, 7) is 14.0. The highest BCUT2D eigenvalue weighted by Crippen LogP contribution is 2.43. The second-order valence-electron chi connectivity index (χ2n) is 11.2. The zero-order chi connectivity index (χ0) is 30.6. The van der Waals surface area contributed by atoms with E-state index in [1.807, 2.05) is 57.6 Å². The third-order valence-corrected chi connectivity index (χ3v) is 6.96. The van der Waals surface area contributed by atoms with Crippen LogP contribution in [0.1, 0.15) is 56.9 Å². The number of rotatable bonds is 4. The van der Waals surface area contributed by atoms with Gasteiger partial charge in [-0.2, -0.15) is 0 Å². The number of aromatic nitrogens is 3. The molecule has 42 heavy (non-hydrogen) atoms. The Hall–Kier alpha value is -4.36. The second-order valence-corrected chi connectivity index (χ2v) is 11.2. The Morgan fingerprint density at radius 3 is 2.31 bits per heavy atom. The topological polar surface area (TPSA) is 105 Å². The number of hydrogen-bond donors (Lipinski definition) is 2. The van der Waals surface area contributed by atoms with Crippen molar-refractivity contribution < 1.29 is 19.7 Å². The summed E-state index contributed by atoms with van der Waals surface area (Å²) in [5.74, 6) is -0.0279. The fourth-order valence-electron chi connectivity index (χ4n) is 5.34. The molecule has 0 fully saturated rings. The number of nitrogens with zero attached hydrogens (tertiary/aromatic N) is 3. The Bertz CT molecular complexity index is 1730. The molecule has 0 saturated heterocycles. The van der Waals surface area contributed by atoms with Crippen molar-refractivity contribution in [1.82, 2.24) is 15.0 Å². The normalized spacial score (nSPS) is 12.1. The number of fused-ring (bicyclic) bond motifs is 1. The first-order chi connectivity index (χ1) is 20.0. The molecule has 3 heterocycles. The summed E-state index contributed by atoms with van der Waals surface area (Å²) in [4.78, 5) is 25.0. The lowest BCUT2D eigenvalue weighted by molar-refractivity contribution is -0.136. The molecule has 1 aliphatic rings. The number of ether oxygens (including phenoxy) is 1. The third-order valence-electron chi connectivity index (χ3n) is 6.96. The molecule has 218 valence electrons. The molecule has 7 nitrogen and oxygen atoms in total. The summed E-state index contributed by atoms with van der Waals surface area (Å²) in [5.41, 5.74) is 8.24. The van der Waals surface area contributed by atoms with Gasteiger partial charge in [0.15, 0.2) is 0 Å². The number of aryl methyl sites for hydroxylation is 2. The van der Waals surface area contributed by atoms with Gasteiger partial charge in [-0.25, -0.2) is 9.97 Å². The largest absolute Gasteiger partial charge is 0.493 e. The first kappa shape index (κ1) is 30.6. The summed E-state index contributed by atoms with van der Waals surface area (Å²) in [6, 6.07) is 12.3. The molecular weight excluding hydrogens is 526 g/mol. The van der Waals surface area contributed by atoms with Crippen LogP contribution in [0.3, 0.4) is 0 Å². The highest BCUT2D eigenvalue weighted by molar-refractivity contribution is 6.10. The third kappa shape index (κ3) is 6.42. The maximum atomic E-state index is 11.9. The van der Waals surface area contributed by atoms with Crippen molar-refractivity contribution in [2.24, 2.45) is 0 Å². The standard InChI is InChI=1S/C29H23N3O3.C4H10O.C2H6/c1-16-11-24-17(2)20(19-13-30-15-31-14-19)3-4-21(24)28(23(16)12-26(33)34)22-5-6-25-27-18(8-10-35-25)7-9-32-29(22)27;1-4(2,3)5;1-2/h3-7,9,11,13-15H,8,10,12H2,1-2H3,(H,33,34);5H,1-3H3;1-2H3. The Morgan fingerprint density at radius 2 is 1.64 bits per heavy atom. The average Bonchev–Trinajstić information content (AvgIpc) is 2.95. The summed E-state index contributed by atoms with van der Waals surface area (Å²) in [5, 5.41) is 21.4. The number of aliphatic hydroxyl groups is 1. The number of carboxylic acids is 1. The molecule has 0 spiro atoms.